The molecule has 9 heteroatoms. The fourth-order valence-electron chi connectivity index (χ4n) is 3.31. The lowest BCUT2D eigenvalue weighted by atomic mass is 9.85. The first kappa shape index (κ1) is 24.7. The molecule has 0 spiro atoms. The summed E-state index contributed by atoms with van der Waals surface area (Å²) in [7, 11) is 1.51. The Balaban J connectivity index is 1.93. The van der Waals surface area contributed by atoms with Gasteiger partial charge in [-0.2, -0.15) is 23.5 Å². The lowest BCUT2D eigenvalue weighted by Gasteiger charge is -2.16. The van der Waals surface area contributed by atoms with Crippen LogP contribution in [-0.2, 0) is 18.9 Å². The summed E-state index contributed by atoms with van der Waals surface area (Å²) < 4.78 is 44.1. The van der Waals surface area contributed by atoms with Crippen LogP contribution in [0.3, 0.4) is 0 Å². The number of aryl methyl sites for hydroxylation is 1. The minimum absolute atomic E-state index is 0.0603. The van der Waals surface area contributed by atoms with Crippen molar-refractivity contribution in [3.8, 4) is 23.1 Å². The summed E-state index contributed by atoms with van der Waals surface area (Å²) in [5.41, 5.74) is -0.198. The molecule has 0 atom stereocenters. The molecule has 0 unspecified atom stereocenters. The standard InChI is InChI=1S/C25H22F3N3O3/c1-24(2,14-29)17-10-8-16(9-11-17)12-20(32)19-13-31(3)30-22(23(19)33)18-6-4-5-7-21(18)34-15-25(26,27)28/h4-11,13H,12,15H2,1-3H3. The number of rotatable bonds is 7. The molecule has 0 aliphatic rings. The largest absolute Gasteiger partial charge is 0.483 e. The van der Waals surface area contributed by atoms with E-state index in [1.165, 1.54) is 42.2 Å². The van der Waals surface area contributed by atoms with E-state index in [2.05, 4.69) is 11.2 Å². The van der Waals surface area contributed by atoms with Crippen molar-refractivity contribution < 1.29 is 22.7 Å². The Morgan fingerprint density at radius 3 is 2.38 bits per heavy atom. The fraction of sp³-hybridized carbons (Fsp3) is 0.280. The predicted octanol–water partition coefficient (Wildman–Crippen LogP) is 4.61. The number of alkyl halides is 3. The average molecular weight is 469 g/mol. The number of para-hydroxylation sites is 1. The molecule has 0 aliphatic carbocycles. The molecule has 0 saturated heterocycles. The first-order valence-electron chi connectivity index (χ1n) is 10.3. The number of ether oxygens (including phenoxy) is 1. The topological polar surface area (TPSA) is 85.0 Å². The molecule has 0 radical (unpaired) electrons. The number of carbonyl (C=O) groups excluding carboxylic acids is 1. The van der Waals surface area contributed by atoms with E-state index in [4.69, 9.17) is 4.74 Å². The summed E-state index contributed by atoms with van der Waals surface area (Å²) in [5, 5.41) is 13.4. The number of nitriles is 1. The zero-order valence-corrected chi connectivity index (χ0v) is 18.8. The number of halogens is 3. The maximum absolute atomic E-state index is 13.1. The van der Waals surface area contributed by atoms with E-state index < -0.39 is 29.4 Å². The quantitative estimate of drug-likeness (QED) is 0.472. The number of carbonyl (C=O) groups is 1. The third-order valence-electron chi connectivity index (χ3n) is 5.19. The van der Waals surface area contributed by atoms with Gasteiger partial charge in [-0.05, 0) is 37.1 Å². The highest BCUT2D eigenvalue weighted by atomic mass is 19.4. The number of hydrogen-bond donors (Lipinski definition) is 0. The minimum Gasteiger partial charge on any atom is -0.483 e. The van der Waals surface area contributed by atoms with Gasteiger partial charge >= 0.3 is 6.18 Å². The summed E-state index contributed by atoms with van der Waals surface area (Å²) in [4.78, 5) is 26.1. The van der Waals surface area contributed by atoms with E-state index in [-0.39, 0.29) is 29.0 Å². The van der Waals surface area contributed by atoms with Crippen molar-refractivity contribution in [2.45, 2.75) is 31.9 Å². The van der Waals surface area contributed by atoms with Gasteiger partial charge in [-0.15, -0.1) is 0 Å². The Hall–Kier alpha value is -3.93. The van der Waals surface area contributed by atoms with E-state index in [0.29, 0.717) is 5.56 Å². The third-order valence-corrected chi connectivity index (χ3v) is 5.19. The minimum atomic E-state index is -4.55. The van der Waals surface area contributed by atoms with E-state index in [0.717, 1.165) is 5.56 Å². The van der Waals surface area contributed by atoms with Crippen LogP contribution < -0.4 is 10.2 Å². The zero-order valence-electron chi connectivity index (χ0n) is 18.8. The van der Waals surface area contributed by atoms with Gasteiger partial charge in [-0.1, -0.05) is 36.4 Å². The number of ketones is 1. The Morgan fingerprint density at radius 1 is 1.12 bits per heavy atom. The molecule has 6 nitrogen and oxygen atoms in total. The summed E-state index contributed by atoms with van der Waals surface area (Å²) in [5.74, 6) is -0.630. The molecule has 1 heterocycles. The van der Waals surface area contributed by atoms with Gasteiger partial charge in [0.15, 0.2) is 12.4 Å². The smallest absolute Gasteiger partial charge is 0.422 e. The van der Waals surface area contributed by atoms with Crippen molar-refractivity contribution in [3.63, 3.8) is 0 Å². The first-order valence-corrected chi connectivity index (χ1v) is 10.3. The van der Waals surface area contributed by atoms with Crippen molar-refractivity contribution in [1.29, 1.82) is 5.26 Å². The van der Waals surface area contributed by atoms with Crippen molar-refractivity contribution >= 4 is 5.78 Å². The predicted molar refractivity (Wildman–Crippen MR) is 120 cm³/mol. The highest BCUT2D eigenvalue weighted by Crippen LogP contribution is 2.28. The van der Waals surface area contributed by atoms with Crippen LogP contribution >= 0.6 is 0 Å². The molecule has 176 valence electrons. The molecule has 3 rings (SSSR count). The highest BCUT2D eigenvalue weighted by Gasteiger charge is 2.29. The lowest BCUT2D eigenvalue weighted by Crippen LogP contribution is -2.24. The van der Waals surface area contributed by atoms with Gasteiger partial charge < -0.3 is 4.74 Å². The first-order chi connectivity index (χ1) is 15.9. The summed E-state index contributed by atoms with van der Waals surface area (Å²) in [6.07, 6.45) is -3.33. The second kappa shape index (κ2) is 9.51. The van der Waals surface area contributed by atoms with Crippen LogP contribution in [0.2, 0.25) is 0 Å². The average Bonchev–Trinajstić information content (AvgIpc) is 2.79. The number of aromatic nitrogens is 2. The van der Waals surface area contributed by atoms with Crippen LogP contribution in [0.1, 0.15) is 35.3 Å². The maximum atomic E-state index is 13.1. The number of Topliss-reactive ketones (excluding diaryl/α,β-unsaturated/α-hetero) is 1. The molecule has 3 aromatic rings. The Kier molecular flexibility index (Phi) is 6.91. The molecule has 0 N–H and O–H groups in total. The van der Waals surface area contributed by atoms with Crippen molar-refractivity contribution in [3.05, 3.63) is 81.6 Å². The van der Waals surface area contributed by atoms with E-state index >= 15 is 0 Å². The SMILES string of the molecule is Cn1cc(C(=O)Cc2ccc(C(C)(C)C#N)cc2)c(=O)c(-c2ccccc2OCC(F)(F)F)n1. The van der Waals surface area contributed by atoms with Crippen LogP contribution in [0.15, 0.2) is 59.5 Å². The van der Waals surface area contributed by atoms with E-state index in [1.807, 2.05) is 0 Å². The van der Waals surface area contributed by atoms with Crippen LogP contribution in [0.4, 0.5) is 13.2 Å². The Labute approximate surface area is 194 Å². The van der Waals surface area contributed by atoms with Gasteiger partial charge in [0.25, 0.3) is 0 Å². The molecule has 0 bridgehead atoms. The molecular weight excluding hydrogens is 447 g/mol. The van der Waals surface area contributed by atoms with Gasteiger partial charge in [0.05, 0.1) is 17.0 Å². The summed E-state index contributed by atoms with van der Waals surface area (Å²) in [6, 6.07) is 14.9. The molecule has 34 heavy (non-hydrogen) atoms. The highest BCUT2D eigenvalue weighted by molar-refractivity contribution is 5.98. The second-order valence-electron chi connectivity index (χ2n) is 8.33. The van der Waals surface area contributed by atoms with Crippen molar-refractivity contribution in [1.82, 2.24) is 9.78 Å². The van der Waals surface area contributed by atoms with Gasteiger partial charge in [-0.25, -0.2) is 0 Å². The van der Waals surface area contributed by atoms with E-state index in [9.17, 15) is 28.0 Å². The second-order valence-corrected chi connectivity index (χ2v) is 8.33. The van der Waals surface area contributed by atoms with Crippen LogP contribution in [-0.4, -0.2) is 28.3 Å². The Morgan fingerprint density at radius 2 is 1.76 bits per heavy atom. The van der Waals surface area contributed by atoms with Crippen LogP contribution in [0.5, 0.6) is 5.75 Å². The Bertz CT molecular complexity index is 1300. The lowest BCUT2D eigenvalue weighted by molar-refractivity contribution is -0.153. The monoisotopic (exact) mass is 469 g/mol. The molecular formula is C25H22F3N3O3. The number of nitrogens with zero attached hydrogens (tertiary/aromatic N) is 3. The summed E-state index contributed by atoms with van der Waals surface area (Å²) in [6.45, 7) is 2.04. The van der Waals surface area contributed by atoms with Gasteiger partial charge in [0, 0.05) is 25.2 Å². The van der Waals surface area contributed by atoms with Gasteiger partial charge in [0.2, 0.25) is 5.43 Å². The molecule has 0 amide bonds. The van der Waals surface area contributed by atoms with Crippen LogP contribution in [0.25, 0.3) is 11.3 Å². The number of hydrogen-bond acceptors (Lipinski definition) is 5. The molecule has 0 aliphatic heterocycles. The molecule has 0 saturated carbocycles. The summed E-state index contributed by atoms with van der Waals surface area (Å²) >= 11 is 0. The molecule has 2 aromatic carbocycles. The van der Waals surface area contributed by atoms with Gasteiger partial charge in [0.1, 0.15) is 11.4 Å². The fourth-order valence-corrected chi connectivity index (χ4v) is 3.31. The van der Waals surface area contributed by atoms with Crippen molar-refractivity contribution in [2.75, 3.05) is 6.61 Å². The molecule has 1 aromatic heterocycles. The van der Waals surface area contributed by atoms with Crippen molar-refractivity contribution in [2.24, 2.45) is 7.05 Å². The van der Waals surface area contributed by atoms with Crippen LogP contribution in [0, 0.1) is 11.3 Å². The maximum Gasteiger partial charge on any atom is 0.422 e. The molecule has 0 fully saturated rings. The number of benzene rings is 2. The zero-order chi connectivity index (χ0) is 25.1. The van der Waals surface area contributed by atoms with E-state index in [1.54, 1.807) is 38.1 Å². The van der Waals surface area contributed by atoms with Gasteiger partial charge in [-0.3, -0.25) is 14.3 Å². The normalized spacial score (nSPS) is 11.7. The third kappa shape index (κ3) is 5.70.